The molecule has 0 aromatic carbocycles. The number of aliphatic carboxylic acids is 1. The van der Waals surface area contributed by atoms with E-state index in [1.807, 2.05) is 0 Å². The van der Waals surface area contributed by atoms with Crippen LogP contribution in [0.5, 0.6) is 0 Å². The molecule has 98 valence electrons. The van der Waals surface area contributed by atoms with Crippen LogP contribution in [0.2, 0.25) is 0 Å². The van der Waals surface area contributed by atoms with Crippen molar-refractivity contribution in [2.45, 2.75) is 25.9 Å². The Kier molecular flexibility index (Phi) is 4.74. The molecule has 1 fully saturated rings. The second kappa shape index (κ2) is 5.86. The van der Waals surface area contributed by atoms with Gasteiger partial charge in [0.15, 0.2) is 0 Å². The fraction of sp³-hybridized carbons (Fsp3) is 0.818. The van der Waals surface area contributed by atoms with Crippen LogP contribution in [0.1, 0.15) is 19.8 Å². The van der Waals surface area contributed by atoms with Crippen LogP contribution in [-0.4, -0.2) is 64.8 Å². The summed E-state index contributed by atoms with van der Waals surface area (Å²) in [6.45, 7) is 2.43. The highest BCUT2D eigenvalue weighted by Gasteiger charge is 2.30. The van der Waals surface area contributed by atoms with Crippen molar-refractivity contribution in [3.63, 3.8) is 0 Å². The van der Waals surface area contributed by atoms with E-state index >= 15 is 0 Å². The number of rotatable bonds is 5. The van der Waals surface area contributed by atoms with E-state index in [1.165, 1.54) is 9.80 Å². The third kappa shape index (κ3) is 3.89. The molecule has 0 aromatic heterocycles. The van der Waals surface area contributed by atoms with Crippen LogP contribution in [0.4, 0.5) is 4.79 Å². The van der Waals surface area contributed by atoms with Crippen LogP contribution in [0, 0.1) is 5.92 Å². The van der Waals surface area contributed by atoms with Gasteiger partial charge in [-0.2, -0.15) is 0 Å². The molecule has 0 bridgehead atoms. The lowest BCUT2D eigenvalue weighted by Crippen LogP contribution is -2.47. The number of aliphatic hydroxyl groups is 1. The lowest BCUT2D eigenvalue weighted by atomic mass is 9.82. The Hall–Kier alpha value is -1.30. The quantitative estimate of drug-likeness (QED) is 0.724. The number of hydrogen-bond acceptors (Lipinski definition) is 3. The van der Waals surface area contributed by atoms with Gasteiger partial charge >= 0.3 is 12.0 Å². The van der Waals surface area contributed by atoms with Crippen LogP contribution in [0.25, 0.3) is 0 Å². The van der Waals surface area contributed by atoms with Gasteiger partial charge < -0.3 is 20.0 Å². The second-order valence-corrected chi connectivity index (χ2v) is 4.56. The maximum absolute atomic E-state index is 11.9. The molecule has 1 aliphatic carbocycles. The van der Waals surface area contributed by atoms with E-state index in [4.69, 9.17) is 10.2 Å². The summed E-state index contributed by atoms with van der Waals surface area (Å²) in [5, 5.41) is 17.8. The van der Waals surface area contributed by atoms with Crippen molar-refractivity contribution in [3.05, 3.63) is 0 Å². The molecule has 0 spiro atoms. The summed E-state index contributed by atoms with van der Waals surface area (Å²) >= 11 is 0. The monoisotopic (exact) mass is 244 g/mol. The predicted molar refractivity (Wildman–Crippen MR) is 61.6 cm³/mol. The Morgan fingerprint density at radius 3 is 2.35 bits per heavy atom. The molecule has 1 rings (SSSR count). The Morgan fingerprint density at radius 2 is 1.94 bits per heavy atom. The highest BCUT2D eigenvalue weighted by atomic mass is 16.4. The van der Waals surface area contributed by atoms with Gasteiger partial charge in [0.1, 0.15) is 6.54 Å². The highest BCUT2D eigenvalue weighted by Crippen LogP contribution is 2.27. The zero-order chi connectivity index (χ0) is 13.0. The van der Waals surface area contributed by atoms with E-state index in [0.717, 1.165) is 12.8 Å². The van der Waals surface area contributed by atoms with E-state index in [2.05, 4.69) is 0 Å². The van der Waals surface area contributed by atoms with Crippen LogP contribution >= 0.6 is 0 Å². The summed E-state index contributed by atoms with van der Waals surface area (Å²) in [6, 6.07) is -0.267. The van der Waals surface area contributed by atoms with Gasteiger partial charge in [0.25, 0.3) is 0 Å². The zero-order valence-electron chi connectivity index (χ0n) is 10.3. The maximum atomic E-state index is 11.9. The van der Waals surface area contributed by atoms with Gasteiger partial charge in [-0.15, -0.1) is 0 Å². The summed E-state index contributed by atoms with van der Waals surface area (Å²) in [5.41, 5.74) is 0. The molecule has 0 aromatic rings. The van der Waals surface area contributed by atoms with Gasteiger partial charge in [-0.1, -0.05) is 0 Å². The molecule has 1 saturated carbocycles. The summed E-state index contributed by atoms with van der Waals surface area (Å²) in [4.78, 5) is 25.3. The summed E-state index contributed by atoms with van der Waals surface area (Å²) in [6.07, 6.45) is 1.22. The van der Waals surface area contributed by atoms with Gasteiger partial charge in [-0.3, -0.25) is 4.79 Å². The van der Waals surface area contributed by atoms with E-state index in [9.17, 15) is 9.59 Å². The van der Waals surface area contributed by atoms with Gasteiger partial charge in [0, 0.05) is 20.1 Å². The molecular weight excluding hydrogens is 224 g/mol. The number of hydrogen-bond donors (Lipinski definition) is 2. The third-order valence-electron chi connectivity index (χ3n) is 3.05. The predicted octanol–water partition coefficient (Wildman–Crippen LogP) is 0.216. The molecule has 0 aliphatic heterocycles. The van der Waals surface area contributed by atoms with Crippen LogP contribution < -0.4 is 0 Å². The second-order valence-electron chi connectivity index (χ2n) is 4.56. The third-order valence-corrected chi connectivity index (χ3v) is 3.05. The maximum Gasteiger partial charge on any atom is 0.323 e. The minimum Gasteiger partial charge on any atom is -0.480 e. The first-order chi connectivity index (χ1) is 7.93. The Morgan fingerprint density at radius 1 is 1.35 bits per heavy atom. The number of carbonyl (C=O) groups is 2. The molecule has 6 heteroatoms. The minimum absolute atomic E-state index is 0.232. The summed E-state index contributed by atoms with van der Waals surface area (Å²) in [7, 11) is 1.66. The molecule has 0 unspecified atom stereocenters. The van der Waals surface area contributed by atoms with Crippen molar-refractivity contribution in [2.75, 3.05) is 26.7 Å². The van der Waals surface area contributed by atoms with Crippen molar-refractivity contribution < 1.29 is 19.8 Å². The number of aliphatic hydroxyl groups excluding tert-OH is 1. The fourth-order valence-electron chi connectivity index (χ4n) is 2.03. The van der Waals surface area contributed by atoms with Gasteiger partial charge in [-0.25, -0.2) is 4.79 Å². The standard InChI is InChI=1S/C11H20N2O4/c1-3-13(7-10(15)16)11(17)12(2)6-8-4-9(14)5-8/h8-9,14H,3-7H2,1-2H3,(H,15,16). The molecule has 17 heavy (non-hydrogen) atoms. The number of likely N-dealkylation sites (N-methyl/N-ethyl adjacent to an activating group) is 1. The van der Waals surface area contributed by atoms with Crippen LogP contribution in [0.15, 0.2) is 0 Å². The Labute approximate surface area is 101 Å². The highest BCUT2D eigenvalue weighted by molar-refractivity contribution is 5.80. The molecule has 2 N–H and O–H groups in total. The topological polar surface area (TPSA) is 81.1 Å². The number of carbonyl (C=O) groups excluding carboxylic acids is 1. The van der Waals surface area contributed by atoms with Gasteiger partial charge in [0.05, 0.1) is 6.10 Å². The lowest BCUT2D eigenvalue weighted by Gasteiger charge is -2.35. The normalized spacial score (nSPS) is 22.8. The molecule has 0 radical (unpaired) electrons. The smallest absolute Gasteiger partial charge is 0.323 e. The van der Waals surface area contributed by atoms with Crippen LogP contribution in [0.3, 0.4) is 0 Å². The van der Waals surface area contributed by atoms with Crippen molar-refractivity contribution in [1.29, 1.82) is 0 Å². The van der Waals surface area contributed by atoms with E-state index < -0.39 is 5.97 Å². The first-order valence-electron chi connectivity index (χ1n) is 5.84. The van der Waals surface area contributed by atoms with E-state index in [-0.39, 0.29) is 18.7 Å². The molecule has 0 saturated heterocycles. The molecule has 6 nitrogen and oxygen atoms in total. The average molecular weight is 244 g/mol. The van der Waals surface area contributed by atoms with E-state index in [0.29, 0.717) is 19.0 Å². The summed E-state index contributed by atoms with van der Waals surface area (Å²) < 4.78 is 0. The Bertz CT molecular complexity index is 289. The Balaban J connectivity index is 2.40. The zero-order valence-corrected chi connectivity index (χ0v) is 10.3. The molecule has 0 heterocycles. The van der Waals surface area contributed by atoms with Crippen molar-refractivity contribution in [2.24, 2.45) is 5.92 Å². The first-order valence-corrected chi connectivity index (χ1v) is 5.84. The molecular formula is C11H20N2O4. The SMILES string of the molecule is CCN(CC(=O)O)C(=O)N(C)CC1CC(O)C1. The van der Waals surface area contributed by atoms with Crippen molar-refractivity contribution >= 4 is 12.0 Å². The molecule has 0 atom stereocenters. The van der Waals surface area contributed by atoms with Gasteiger partial charge in [-0.05, 0) is 25.7 Å². The molecule has 1 aliphatic rings. The van der Waals surface area contributed by atoms with Crippen molar-refractivity contribution in [1.82, 2.24) is 9.80 Å². The number of amides is 2. The number of carboxylic acid groups (broad SMARTS) is 1. The summed E-state index contributed by atoms with van der Waals surface area (Å²) in [5.74, 6) is -0.671. The first kappa shape index (κ1) is 13.8. The van der Waals surface area contributed by atoms with E-state index in [1.54, 1.807) is 14.0 Å². The molecule has 2 amide bonds. The largest absolute Gasteiger partial charge is 0.480 e. The minimum atomic E-state index is -1.01. The lowest BCUT2D eigenvalue weighted by molar-refractivity contribution is -0.137. The number of carboxylic acids is 1. The number of nitrogens with zero attached hydrogens (tertiary/aromatic N) is 2. The fourth-order valence-corrected chi connectivity index (χ4v) is 2.03. The average Bonchev–Trinajstić information content (AvgIpc) is 2.22. The van der Waals surface area contributed by atoms with Gasteiger partial charge in [0.2, 0.25) is 0 Å². The van der Waals surface area contributed by atoms with Crippen LogP contribution in [-0.2, 0) is 4.79 Å². The van der Waals surface area contributed by atoms with Crippen molar-refractivity contribution in [3.8, 4) is 0 Å². The number of urea groups is 1.